The zero-order chi connectivity index (χ0) is 16.7. The standard InChI is InChI=1S/C13H17F3N4O2S/c14-13(15,16)11-3-4-12(19-18-11)17-9-5-7-20(8-6-9)23(21,22)10-1-2-10/h3-4,9-10H,1-2,5-8H2,(H,17,19). The van der Waals surface area contributed by atoms with Gasteiger partial charge in [0.15, 0.2) is 5.69 Å². The van der Waals surface area contributed by atoms with Crippen molar-refractivity contribution in [3.63, 3.8) is 0 Å². The van der Waals surface area contributed by atoms with Crippen molar-refractivity contribution in [3.05, 3.63) is 17.8 Å². The fourth-order valence-electron chi connectivity index (χ4n) is 2.60. The smallest absolute Gasteiger partial charge is 0.366 e. The maximum absolute atomic E-state index is 12.4. The second-order valence-electron chi connectivity index (χ2n) is 5.86. The number of sulfonamides is 1. The van der Waals surface area contributed by atoms with Crippen LogP contribution in [0.1, 0.15) is 31.4 Å². The molecule has 0 bridgehead atoms. The summed E-state index contributed by atoms with van der Waals surface area (Å²) in [5, 5.41) is 9.49. The van der Waals surface area contributed by atoms with Crippen molar-refractivity contribution < 1.29 is 21.6 Å². The molecule has 1 saturated heterocycles. The number of rotatable bonds is 4. The molecule has 1 aliphatic heterocycles. The molecule has 0 unspecified atom stereocenters. The van der Waals surface area contributed by atoms with Gasteiger partial charge in [-0.3, -0.25) is 0 Å². The average Bonchev–Trinajstić information content (AvgIpc) is 3.32. The van der Waals surface area contributed by atoms with E-state index >= 15 is 0 Å². The van der Waals surface area contributed by atoms with E-state index in [4.69, 9.17) is 0 Å². The Morgan fingerprint density at radius 1 is 1.09 bits per heavy atom. The van der Waals surface area contributed by atoms with Crippen LogP contribution in [0.2, 0.25) is 0 Å². The van der Waals surface area contributed by atoms with Gasteiger partial charge in [0.2, 0.25) is 10.0 Å². The first-order chi connectivity index (χ1) is 10.8. The Balaban J connectivity index is 1.54. The zero-order valence-corrected chi connectivity index (χ0v) is 13.1. The maximum atomic E-state index is 12.4. The fourth-order valence-corrected chi connectivity index (χ4v) is 4.47. The van der Waals surface area contributed by atoms with Crippen LogP contribution in [0.3, 0.4) is 0 Å². The van der Waals surface area contributed by atoms with Crippen LogP contribution in [0.4, 0.5) is 19.0 Å². The molecule has 2 heterocycles. The molecule has 23 heavy (non-hydrogen) atoms. The van der Waals surface area contributed by atoms with E-state index in [0.29, 0.717) is 25.9 Å². The largest absolute Gasteiger partial charge is 0.435 e. The number of alkyl halides is 3. The molecule has 2 aliphatic rings. The molecule has 0 amide bonds. The SMILES string of the molecule is O=S(=O)(C1CC1)N1CCC(Nc2ccc(C(F)(F)F)nn2)CC1. The highest BCUT2D eigenvalue weighted by Gasteiger charge is 2.41. The lowest BCUT2D eigenvalue weighted by atomic mass is 10.1. The molecule has 128 valence electrons. The van der Waals surface area contributed by atoms with E-state index in [-0.39, 0.29) is 17.1 Å². The Morgan fingerprint density at radius 3 is 2.22 bits per heavy atom. The quantitative estimate of drug-likeness (QED) is 0.897. The first kappa shape index (κ1) is 16.4. The van der Waals surface area contributed by atoms with E-state index in [1.807, 2.05) is 0 Å². The Kier molecular flexibility index (Phi) is 4.21. The van der Waals surface area contributed by atoms with Crippen LogP contribution < -0.4 is 5.32 Å². The van der Waals surface area contributed by atoms with Crippen molar-refractivity contribution in [2.75, 3.05) is 18.4 Å². The van der Waals surface area contributed by atoms with E-state index in [0.717, 1.165) is 18.9 Å². The van der Waals surface area contributed by atoms with Crippen LogP contribution in [0.5, 0.6) is 0 Å². The molecule has 2 fully saturated rings. The molecular formula is C13H17F3N4O2S. The fraction of sp³-hybridized carbons (Fsp3) is 0.692. The molecule has 1 N–H and O–H groups in total. The third-order valence-corrected chi connectivity index (χ3v) is 6.47. The van der Waals surface area contributed by atoms with Crippen molar-refractivity contribution in [2.45, 2.75) is 43.2 Å². The second-order valence-corrected chi connectivity index (χ2v) is 8.08. The summed E-state index contributed by atoms with van der Waals surface area (Å²) in [5.74, 6) is 0.265. The number of aromatic nitrogens is 2. The summed E-state index contributed by atoms with van der Waals surface area (Å²) < 4.78 is 63.0. The Hall–Kier alpha value is -1.42. The Morgan fingerprint density at radius 2 is 1.74 bits per heavy atom. The third-order valence-electron chi connectivity index (χ3n) is 4.07. The number of hydrogen-bond donors (Lipinski definition) is 1. The third kappa shape index (κ3) is 3.74. The first-order valence-electron chi connectivity index (χ1n) is 7.43. The van der Waals surface area contributed by atoms with Crippen LogP contribution in [-0.4, -0.2) is 47.3 Å². The maximum Gasteiger partial charge on any atom is 0.435 e. The Labute approximate surface area is 132 Å². The van der Waals surface area contributed by atoms with Crippen molar-refractivity contribution >= 4 is 15.8 Å². The predicted octanol–water partition coefficient (Wildman–Crippen LogP) is 1.86. The zero-order valence-electron chi connectivity index (χ0n) is 12.3. The normalized spacial score (nSPS) is 21.3. The van der Waals surface area contributed by atoms with Gasteiger partial charge >= 0.3 is 6.18 Å². The van der Waals surface area contributed by atoms with Gasteiger partial charge in [0.25, 0.3) is 0 Å². The van der Waals surface area contributed by atoms with E-state index in [1.54, 1.807) is 0 Å². The van der Waals surface area contributed by atoms with Crippen LogP contribution in [-0.2, 0) is 16.2 Å². The summed E-state index contributed by atoms with van der Waals surface area (Å²) in [7, 11) is -3.15. The number of anilines is 1. The highest BCUT2D eigenvalue weighted by Crippen LogP contribution is 2.32. The molecule has 1 aromatic heterocycles. The number of hydrogen-bond acceptors (Lipinski definition) is 5. The van der Waals surface area contributed by atoms with E-state index in [1.165, 1.54) is 10.4 Å². The van der Waals surface area contributed by atoms with Crippen LogP contribution >= 0.6 is 0 Å². The number of piperidine rings is 1. The van der Waals surface area contributed by atoms with Gasteiger partial charge in [-0.25, -0.2) is 12.7 Å². The predicted molar refractivity (Wildman–Crippen MR) is 77.2 cm³/mol. The molecule has 10 heteroatoms. The van der Waals surface area contributed by atoms with Gasteiger partial charge in [-0.1, -0.05) is 0 Å². The van der Waals surface area contributed by atoms with E-state index in [9.17, 15) is 21.6 Å². The minimum absolute atomic E-state index is 0.0216. The van der Waals surface area contributed by atoms with Crippen LogP contribution in [0, 0.1) is 0 Å². The second kappa shape index (κ2) is 5.90. The number of nitrogens with one attached hydrogen (secondary N) is 1. The molecule has 0 radical (unpaired) electrons. The summed E-state index contributed by atoms with van der Waals surface area (Å²) in [5.41, 5.74) is -1.03. The van der Waals surface area contributed by atoms with Gasteiger partial charge in [-0.05, 0) is 37.8 Å². The first-order valence-corrected chi connectivity index (χ1v) is 8.93. The summed E-state index contributed by atoms with van der Waals surface area (Å²) in [6, 6.07) is 2.09. The molecule has 0 aromatic carbocycles. The van der Waals surface area contributed by atoms with Gasteiger partial charge in [0.1, 0.15) is 5.82 Å². The molecule has 1 saturated carbocycles. The average molecular weight is 350 g/mol. The van der Waals surface area contributed by atoms with Gasteiger partial charge in [0.05, 0.1) is 5.25 Å². The molecule has 6 nitrogen and oxygen atoms in total. The lowest BCUT2D eigenvalue weighted by Gasteiger charge is -2.31. The molecule has 0 spiro atoms. The summed E-state index contributed by atoms with van der Waals surface area (Å²) >= 11 is 0. The molecule has 0 atom stereocenters. The van der Waals surface area contributed by atoms with Crippen molar-refractivity contribution in [1.29, 1.82) is 0 Å². The summed E-state index contributed by atoms with van der Waals surface area (Å²) in [6.07, 6.45) is -1.85. The highest BCUT2D eigenvalue weighted by molar-refractivity contribution is 7.90. The number of halogens is 3. The monoisotopic (exact) mass is 350 g/mol. The lowest BCUT2D eigenvalue weighted by molar-refractivity contribution is -0.141. The highest BCUT2D eigenvalue weighted by atomic mass is 32.2. The van der Waals surface area contributed by atoms with Gasteiger partial charge < -0.3 is 5.32 Å². The van der Waals surface area contributed by atoms with Crippen molar-refractivity contribution in [2.24, 2.45) is 0 Å². The molecule has 3 rings (SSSR count). The molecular weight excluding hydrogens is 333 g/mol. The Bertz CT molecular complexity index is 651. The van der Waals surface area contributed by atoms with Gasteiger partial charge in [-0.15, -0.1) is 10.2 Å². The number of nitrogens with zero attached hydrogens (tertiary/aromatic N) is 3. The van der Waals surface area contributed by atoms with Crippen LogP contribution in [0.25, 0.3) is 0 Å². The summed E-state index contributed by atoms with van der Waals surface area (Å²) in [4.78, 5) is 0. The van der Waals surface area contributed by atoms with E-state index in [2.05, 4.69) is 15.5 Å². The van der Waals surface area contributed by atoms with Crippen molar-refractivity contribution in [3.8, 4) is 0 Å². The van der Waals surface area contributed by atoms with Gasteiger partial charge in [0, 0.05) is 19.1 Å². The summed E-state index contributed by atoms with van der Waals surface area (Å²) in [6.45, 7) is 0.842. The van der Waals surface area contributed by atoms with E-state index < -0.39 is 21.9 Å². The van der Waals surface area contributed by atoms with Crippen molar-refractivity contribution in [1.82, 2.24) is 14.5 Å². The molecule has 1 aromatic rings. The lowest BCUT2D eigenvalue weighted by Crippen LogP contribution is -2.43. The van der Waals surface area contributed by atoms with Gasteiger partial charge in [-0.2, -0.15) is 13.2 Å². The minimum Gasteiger partial charge on any atom is -0.366 e. The molecule has 1 aliphatic carbocycles. The topological polar surface area (TPSA) is 75.2 Å². The van der Waals surface area contributed by atoms with Crippen LogP contribution in [0.15, 0.2) is 12.1 Å². The minimum atomic E-state index is -4.51.